The van der Waals surface area contributed by atoms with Crippen molar-refractivity contribution in [3.8, 4) is 5.75 Å². The summed E-state index contributed by atoms with van der Waals surface area (Å²) in [5.41, 5.74) is 4.51. The summed E-state index contributed by atoms with van der Waals surface area (Å²) in [4.78, 5) is 38.1. The standard InChI is InChI=1S/C22H25N3O4/c1-14-10-15(2)22(16(3)11-14)24-20(27)12-23-19(26)8-9-25-17-6-4-5-7-18(17)29-13-21(25)28/h4-7,10-11H,8-9,12-13H2,1-3H3,(H,23,26)(H,24,27). The van der Waals surface area contributed by atoms with Gasteiger partial charge < -0.3 is 20.3 Å². The van der Waals surface area contributed by atoms with Crippen LogP contribution in [-0.4, -0.2) is 37.4 Å². The summed E-state index contributed by atoms with van der Waals surface area (Å²) < 4.78 is 5.39. The zero-order chi connectivity index (χ0) is 21.0. The van der Waals surface area contributed by atoms with Gasteiger partial charge in [-0.3, -0.25) is 14.4 Å². The minimum atomic E-state index is -0.297. The van der Waals surface area contributed by atoms with Crippen LogP contribution in [0, 0.1) is 20.8 Å². The average molecular weight is 395 g/mol. The molecule has 0 unspecified atom stereocenters. The summed E-state index contributed by atoms with van der Waals surface area (Å²) in [7, 11) is 0. The predicted molar refractivity (Wildman–Crippen MR) is 111 cm³/mol. The Hall–Kier alpha value is -3.35. The lowest BCUT2D eigenvalue weighted by Gasteiger charge is -2.29. The molecule has 0 fully saturated rings. The first kappa shape index (κ1) is 20.4. The Bertz CT molecular complexity index is 932. The number of aryl methyl sites for hydroxylation is 3. The maximum atomic E-state index is 12.2. The smallest absolute Gasteiger partial charge is 0.265 e. The molecule has 3 rings (SSSR count). The molecule has 0 spiro atoms. The first-order valence-electron chi connectivity index (χ1n) is 9.51. The highest BCUT2D eigenvalue weighted by atomic mass is 16.5. The van der Waals surface area contributed by atoms with E-state index in [0.717, 1.165) is 22.4 Å². The highest BCUT2D eigenvalue weighted by molar-refractivity contribution is 5.99. The van der Waals surface area contributed by atoms with E-state index in [1.807, 2.05) is 45.0 Å². The first-order chi connectivity index (χ1) is 13.8. The van der Waals surface area contributed by atoms with Gasteiger partial charge in [0.15, 0.2) is 6.61 Å². The first-order valence-corrected chi connectivity index (χ1v) is 9.51. The van der Waals surface area contributed by atoms with Crippen molar-refractivity contribution >= 4 is 29.1 Å². The van der Waals surface area contributed by atoms with Crippen molar-refractivity contribution in [2.75, 3.05) is 29.9 Å². The molecule has 7 heteroatoms. The number of hydrogen-bond donors (Lipinski definition) is 2. The van der Waals surface area contributed by atoms with Gasteiger partial charge in [0.25, 0.3) is 5.91 Å². The fraction of sp³-hybridized carbons (Fsp3) is 0.318. The molecule has 29 heavy (non-hydrogen) atoms. The van der Waals surface area contributed by atoms with Crippen LogP contribution < -0.4 is 20.3 Å². The third-order valence-corrected chi connectivity index (χ3v) is 4.76. The van der Waals surface area contributed by atoms with E-state index in [0.29, 0.717) is 11.4 Å². The van der Waals surface area contributed by atoms with Crippen molar-refractivity contribution in [3.05, 3.63) is 53.1 Å². The monoisotopic (exact) mass is 395 g/mol. The van der Waals surface area contributed by atoms with Crippen molar-refractivity contribution in [2.24, 2.45) is 0 Å². The number of amides is 3. The molecule has 1 heterocycles. The molecule has 0 aromatic heterocycles. The fourth-order valence-electron chi connectivity index (χ4n) is 3.44. The van der Waals surface area contributed by atoms with E-state index in [2.05, 4.69) is 10.6 Å². The molecular formula is C22H25N3O4. The lowest BCUT2D eigenvalue weighted by atomic mass is 10.1. The summed E-state index contributed by atoms with van der Waals surface area (Å²) in [6, 6.07) is 11.2. The molecule has 1 aliphatic rings. The average Bonchev–Trinajstić information content (AvgIpc) is 2.68. The summed E-state index contributed by atoms with van der Waals surface area (Å²) in [6.45, 7) is 5.93. The Kier molecular flexibility index (Phi) is 6.16. The van der Waals surface area contributed by atoms with E-state index in [1.165, 1.54) is 4.90 Å². The molecule has 0 bridgehead atoms. The summed E-state index contributed by atoms with van der Waals surface area (Å²) in [5.74, 6) is -0.161. The quantitative estimate of drug-likeness (QED) is 0.787. The van der Waals surface area contributed by atoms with Crippen molar-refractivity contribution in [3.63, 3.8) is 0 Å². The second kappa shape index (κ2) is 8.77. The largest absolute Gasteiger partial charge is 0.482 e. The molecule has 2 aromatic rings. The summed E-state index contributed by atoms with van der Waals surface area (Å²) in [5, 5.41) is 5.46. The Morgan fingerprint density at radius 2 is 1.76 bits per heavy atom. The molecule has 0 atom stereocenters. The molecule has 3 amide bonds. The van der Waals surface area contributed by atoms with Crippen molar-refractivity contribution in [1.82, 2.24) is 5.32 Å². The molecular weight excluding hydrogens is 370 g/mol. The van der Waals surface area contributed by atoms with Crippen LogP contribution in [0.2, 0.25) is 0 Å². The second-order valence-electron chi connectivity index (χ2n) is 7.15. The Morgan fingerprint density at radius 3 is 2.48 bits per heavy atom. The number of nitrogens with one attached hydrogen (secondary N) is 2. The SMILES string of the molecule is Cc1cc(C)c(NC(=O)CNC(=O)CCN2C(=O)COc3ccccc32)c(C)c1. The number of carbonyl (C=O) groups is 3. The minimum absolute atomic E-state index is 0.0453. The molecule has 152 valence electrons. The van der Waals surface area contributed by atoms with Crippen molar-refractivity contribution in [2.45, 2.75) is 27.2 Å². The lowest BCUT2D eigenvalue weighted by molar-refractivity contribution is -0.124. The van der Waals surface area contributed by atoms with E-state index in [9.17, 15) is 14.4 Å². The van der Waals surface area contributed by atoms with E-state index in [4.69, 9.17) is 4.74 Å². The fourth-order valence-corrected chi connectivity index (χ4v) is 3.44. The van der Waals surface area contributed by atoms with Gasteiger partial charge in [0.1, 0.15) is 5.75 Å². The highest BCUT2D eigenvalue weighted by Crippen LogP contribution is 2.31. The number of rotatable bonds is 6. The molecule has 2 N–H and O–H groups in total. The number of anilines is 2. The number of nitrogens with zero attached hydrogens (tertiary/aromatic N) is 1. The van der Waals surface area contributed by atoms with Gasteiger partial charge in [0.2, 0.25) is 11.8 Å². The molecule has 0 saturated heterocycles. The maximum absolute atomic E-state index is 12.2. The molecule has 0 saturated carbocycles. The molecule has 2 aromatic carbocycles. The van der Waals surface area contributed by atoms with Gasteiger partial charge in [0, 0.05) is 18.7 Å². The summed E-state index contributed by atoms with van der Waals surface area (Å²) >= 11 is 0. The minimum Gasteiger partial charge on any atom is -0.482 e. The van der Waals surface area contributed by atoms with Gasteiger partial charge in [-0.25, -0.2) is 0 Å². The Morgan fingerprint density at radius 1 is 1.07 bits per heavy atom. The normalized spacial score (nSPS) is 12.8. The number of hydrogen-bond acceptors (Lipinski definition) is 4. The van der Waals surface area contributed by atoms with Gasteiger partial charge in [-0.1, -0.05) is 29.8 Å². The highest BCUT2D eigenvalue weighted by Gasteiger charge is 2.25. The number of carbonyl (C=O) groups excluding carboxylic acids is 3. The van der Waals surface area contributed by atoms with E-state index < -0.39 is 0 Å². The molecule has 1 aliphatic heterocycles. The predicted octanol–water partition coefficient (Wildman–Crippen LogP) is 2.48. The topological polar surface area (TPSA) is 87.7 Å². The molecule has 7 nitrogen and oxygen atoms in total. The summed E-state index contributed by atoms with van der Waals surface area (Å²) in [6.07, 6.45) is 0.0932. The zero-order valence-corrected chi connectivity index (χ0v) is 16.9. The maximum Gasteiger partial charge on any atom is 0.265 e. The van der Waals surface area contributed by atoms with Crippen LogP contribution in [0.4, 0.5) is 11.4 Å². The van der Waals surface area contributed by atoms with Crippen LogP contribution in [-0.2, 0) is 14.4 Å². The van der Waals surface area contributed by atoms with Gasteiger partial charge in [-0.2, -0.15) is 0 Å². The number of benzene rings is 2. The van der Waals surface area contributed by atoms with Crippen LogP contribution in [0.15, 0.2) is 36.4 Å². The lowest BCUT2D eigenvalue weighted by Crippen LogP contribution is -2.41. The van der Waals surface area contributed by atoms with Crippen molar-refractivity contribution in [1.29, 1.82) is 0 Å². The van der Waals surface area contributed by atoms with E-state index >= 15 is 0 Å². The van der Waals surface area contributed by atoms with Crippen LogP contribution in [0.3, 0.4) is 0 Å². The third-order valence-electron chi connectivity index (χ3n) is 4.76. The number of fused-ring (bicyclic) bond motifs is 1. The zero-order valence-electron chi connectivity index (χ0n) is 16.9. The second-order valence-corrected chi connectivity index (χ2v) is 7.15. The van der Waals surface area contributed by atoms with E-state index in [1.54, 1.807) is 12.1 Å². The number of ether oxygens (including phenoxy) is 1. The molecule has 0 radical (unpaired) electrons. The van der Waals surface area contributed by atoms with Gasteiger partial charge in [-0.15, -0.1) is 0 Å². The van der Waals surface area contributed by atoms with E-state index in [-0.39, 0.29) is 43.8 Å². The van der Waals surface area contributed by atoms with Crippen LogP contribution >= 0.6 is 0 Å². The molecule has 0 aliphatic carbocycles. The number of para-hydroxylation sites is 2. The van der Waals surface area contributed by atoms with Crippen LogP contribution in [0.5, 0.6) is 5.75 Å². The Balaban J connectivity index is 1.51. The Labute approximate surface area is 170 Å². The van der Waals surface area contributed by atoms with Gasteiger partial charge in [-0.05, 0) is 44.0 Å². The van der Waals surface area contributed by atoms with Gasteiger partial charge >= 0.3 is 0 Å². The van der Waals surface area contributed by atoms with Crippen LogP contribution in [0.1, 0.15) is 23.1 Å². The third kappa shape index (κ3) is 4.93. The van der Waals surface area contributed by atoms with Crippen LogP contribution in [0.25, 0.3) is 0 Å². The van der Waals surface area contributed by atoms with Crippen molar-refractivity contribution < 1.29 is 19.1 Å². The van der Waals surface area contributed by atoms with Gasteiger partial charge in [0.05, 0.1) is 12.2 Å².